The number of hydrogen-bond acceptors (Lipinski definition) is 4. The summed E-state index contributed by atoms with van der Waals surface area (Å²) in [6, 6.07) is 0. The Kier molecular flexibility index (Phi) is 2.31. The smallest absolute Gasteiger partial charge is 0.322 e. The van der Waals surface area contributed by atoms with Crippen LogP contribution in [0.25, 0.3) is 0 Å². The van der Waals surface area contributed by atoms with Gasteiger partial charge >= 0.3 is 15.5 Å². The minimum atomic E-state index is -3.14. The minimum Gasteiger partial charge on any atom is -0.322 e. The topological polar surface area (TPSA) is 44.8 Å². The first-order chi connectivity index (χ1) is 4.66. The van der Waals surface area contributed by atoms with Gasteiger partial charge in [0, 0.05) is 0 Å². The largest absolute Gasteiger partial charge is 0.456 e. The second-order valence-electron chi connectivity index (χ2n) is 1.87. The van der Waals surface area contributed by atoms with Crippen molar-refractivity contribution >= 4 is 15.5 Å². The van der Waals surface area contributed by atoms with Crippen LogP contribution >= 0.6 is 7.82 Å². The standard InChI is InChI=1S/C4H8BO4P/c1-3-4(2)7-10(6)8-5-9-10/h3-5H,1H2,2H3. The molecule has 1 aliphatic heterocycles. The zero-order chi connectivity index (χ0) is 7.61. The molecule has 1 rings (SSSR count). The predicted molar refractivity (Wildman–Crippen MR) is 37.7 cm³/mol. The van der Waals surface area contributed by atoms with Crippen molar-refractivity contribution < 1.29 is 18.0 Å². The molecule has 4 nitrogen and oxygen atoms in total. The van der Waals surface area contributed by atoms with Gasteiger partial charge in [-0.2, -0.15) is 0 Å². The van der Waals surface area contributed by atoms with E-state index >= 15 is 0 Å². The molecule has 0 aliphatic carbocycles. The van der Waals surface area contributed by atoms with Gasteiger partial charge < -0.3 is 8.88 Å². The normalized spacial score (nSPS) is 24.1. The zero-order valence-electron chi connectivity index (χ0n) is 5.65. The van der Waals surface area contributed by atoms with E-state index in [2.05, 4.69) is 15.5 Å². The lowest BCUT2D eigenvalue weighted by molar-refractivity contribution is 0.143. The third kappa shape index (κ3) is 1.70. The molecule has 0 saturated carbocycles. The summed E-state index contributed by atoms with van der Waals surface area (Å²) in [6.45, 7) is 5.15. The Labute approximate surface area is 60.1 Å². The molecule has 0 radical (unpaired) electrons. The molecule has 6 heteroatoms. The summed E-state index contributed by atoms with van der Waals surface area (Å²) in [7, 11) is -3.08. The third-order valence-electron chi connectivity index (χ3n) is 1.05. The maximum absolute atomic E-state index is 10.9. The van der Waals surface area contributed by atoms with Crippen molar-refractivity contribution in [2.24, 2.45) is 0 Å². The molecular weight excluding hydrogens is 154 g/mol. The molecule has 56 valence electrons. The summed E-state index contributed by atoms with van der Waals surface area (Å²) in [5.74, 6) is 0. The second kappa shape index (κ2) is 2.88. The summed E-state index contributed by atoms with van der Waals surface area (Å²) in [4.78, 5) is 0. The summed E-state index contributed by atoms with van der Waals surface area (Å²) < 4.78 is 24.8. The van der Waals surface area contributed by atoms with Crippen molar-refractivity contribution in [1.82, 2.24) is 0 Å². The number of rotatable bonds is 3. The highest BCUT2D eigenvalue weighted by Gasteiger charge is 2.37. The highest BCUT2D eigenvalue weighted by atomic mass is 31.2. The monoisotopic (exact) mass is 162 g/mol. The van der Waals surface area contributed by atoms with Gasteiger partial charge in [-0.1, -0.05) is 6.08 Å². The lowest BCUT2D eigenvalue weighted by atomic mass is 10.4. The van der Waals surface area contributed by atoms with Crippen LogP contribution in [-0.4, -0.2) is 13.8 Å². The predicted octanol–water partition coefficient (Wildman–Crippen LogP) is 0.999. The number of phosphoric acid groups is 1. The minimum absolute atomic E-state index is 0.0567. The molecule has 0 aromatic heterocycles. The van der Waals surface area contributed by atoms with Crippen molar-refractivity contribution in [3.63, 3.8) is 0 Å². The van der Waals surface area contributed by atoms with Gasteiger partial charge in [0.1, 0.15) is 0 Å². The third-order valence-corrected chi connectivity index (χ3v) is 2.48. The maximum atomic E-state index is 10.9. The first kappa shape index (κ1) is 8.02. The van der Waals surface area contributed by atoms with E-state index in [9.17, 15) is 4.57 Å². The molecule has 1 heterocycles. The lowest BCUT2D eigenvalue weighted by Gasteiger charge is -2.26. The Hall–Kier alpha value is -0.0851. The quantitative estimate of drug-likeness (QED) is 0.352. The van der Waals surface area contributed by atoms with Crippen LogP contribution < -0.4 is 0 Å². The average molecular weight is 162 g/mol. The molecular formula is C4H8BO4P. The highest BCUT2D eigenvalue weighted by molar-refractivity contribution is 7.53. The van der Waals surface area contributed by atoms with E-state index in [1.54, 1.807) is 6.92 Å². The van der Waals surface area contributed by atoms with Crippen LogP contribution in [0.5, 0.6) is 0 Å². The van der Waals surface area contributed by atoms with E-state index in [0.717, 1.165) is 0 Å². The Morgan fingerprint density at radius 3 is 2.70 bits per heavy atom. The summed E-state index contributed by atoms with van der Waals surface area (Å²) in [5, 5.41) is 0. The van der Waals surface area contributed by atoms with E-state index in [-0.39, 0.29) is 13.8 Å². The Morgan fingerprint density at radius 1 is 1.80 bits per heavy atom. The van der Waals surface area contributed by atoms with Crippen molar-refractivity contribution in [2.75, 3.05) is 0 Å². The fraction of sp³-hybridized carbons (Fsp3) is 0.500. The van der Waals surface area contributed by atoms with Gasteiger partial charge in [-0.25, -0.2) is 4.57 Å². The van der Waals surface area contributed by atoms with Crippen LogP contribution in [0.2, 0.25) is 0 Å². The molecule has 1 saturated heterocycles. The molecule has 0 spiro atoms. The maximum Gasteiger partial charge on any atom is 0.456 e. The molecule has 0 amide bonds. The van der Waals surface area contributed by atoms with Gasteiger partial charge in [-0.15, -0.1) is 6.58 Å². The number of hydrogen-bond donors (Lipinski definition) is 0. The molecule has 1 aliphatic rings. The fourth-order valence-corrected chi connectivity index (χ4v) is 1.34. The molecule has 1 atom stereocenters. The molecule has 1 unspecified atom stereocenters. The fourth-order valence-electron chi connectivity index (χ4n) is 0.446. The van der Waals surface area contributed by atoms with E-state index in [0.29, 0.717) is 0 Å². The molecule has 0 bridgehead atoms. The van der Waals surface area contributed by atoms with Crippen LogP contribution in [0.4, 0.5) is 0 Å². The van der Waals surface area contributed by atoms with E-state index < -0.39 is 7.82 Å². The van der Waals surface area contributed by atoms with Crippen molar-refractivity contribution in [1.29, 1.82) is 0 Å². The second-order valence-corrected chi connectivity index (χ2v) is 3.49. The van der Waals surface area contributed by atoms with Crippen LogP contribution in [0.3, 0.4) is 0 Å². The van der Waals surface area contributed by atoms with Crippen LogP contribution in [0, 0.1) is 0 Å². The van der Waals surface area contributed by atoms with Crippen molar-refractivity contribution in [2.45, 2.75) is 13.0 Å². The molecule has 1 fully saturated rings. The van der Waals surface area contributed by atoms with Crippen LogP contribution in [0.1, 0.15) is 6.92 Å². The van der Waals surface area contributed by atoms with Gasteiger partial charge in [0.25, 0.3) is 0 Å². The van der Waals surface area contributed by atoms with E-state index in [1.807, 2.05) is 0 Å². The average Bonchev–Trinajstić information content (AvgIpc) is 1.84. The van der Waals surface area contributed by atoms with Gasteiger partial charge in [-0.05, 0) is 6.92 Å². The molecule has 10 heavy (non-hydrogen) atoms. The Balaban J connectivity index is 2.37. The summed E-state index contributed by atoms with van der Waals surface area (Å²) >= 11 is 0. The van der Waals surface area contributed by atoms with Gasteiger partial charge in [0.2, 0.25) is 0 Å². The molecule has 0 N–H and O–H groups in total. The van der Waals surface area contributed by atoms with E-state index in [4.69, 9.17) is 4.52 Å². The first-order valence-corrected chi connectivity index (χ1v) is 4.32. The summed E-state index contributed by atoms with van der Waals surface area (Å²) in [5.41, 5.74) is 0. The zero-order valence-corrected chi connectivity index (χ0v) is 6.54. The first-order valence-electron chi connectivity index (χ1n) is 2.86. The lowest BCUT2D eigenvalue weighted by Crippen LogP contribution is -2.19. The van der Waals surface area contributed by atoms with Crippen LogP contribution in [0.15, 0.2) is 12.7 Å². The van der Waals surface area contributed by atoms with Gasteiger partial charge in [-0.3, -0.25) is 4.52 Å². The highest BCUT2D eigenvalue weighted by Crippen LogP contribution is 2.56. The Bertz CT molecular complexity index is 174. The Morgan fingerprint density at radius 2 is 2.40 bits per heavy atom. The van der Waals surface area contributed by atoms with Crippen LogP contribution in [-0.2, 0) is 18.0 Å². The SMILES string of the molecule is C=CC(C)OP1(=O)OBO1. The van der Waals surface area contributed by atoms with Gasteiger partial charge in [0.05, 0.1) is 6.10 Å². The van der Waals surface area contributed by atoms with Crippen molar-refractivity contribution in [3.05, 3.63) is 12.7 Å². The molecule has 0 aromatic rings. The van der Waals surface area contributed by atoms with E-state index in [1.165, 1.54) is 6.08 Å². The molecule has 0 aromatic carbocycles. The van der Waals surface area contributed by atoms with Gasteiger partial charge in [0.15, 0.2) is 0 Å². The summed E-state index contributed by atoms with van der Waals surface area (Å²) in [6.07, 6.45) is 1.22. The van der Waals surface area contributed by atoms with Crippen molar-refractivity contribution in [3.8, 4) is 0 Å².